The average Bonchev–Trinajstić information content (AvgIpc) is 3.06. The van der Waals surface area contributed by atoms with E-state index in [2.05, 4.69) is 20.5 Å². The highest BCUT2D eigenvalue weighted by atomic mass is 32.2. The number of pyridine rings is 1. The molecule has 0 unspecified atom stereocenters. The van der Waals surface area contributed by atoms with Crippen molar-refractivity contribution in [3.63, 3.8) is 0 Å². The fraction of sp³-hybridized carbons (Fsp3) is 0.125. The van der Waals surface area contributed by atoms with Gasteiger partial charge in [0.15, 0.2) is 0 Å². The minimum absolute atomic E-state index is 0.129. The number of aromatic nitrogens is 3. The highest BCUT2D eigenvalue weighted by Gasteiger charge is 2.12. The van der Waals surface area contributed by atoms with E-state index < -0.39 is 0 Å². The van der Waals surface area contributed by atoms with Crippen LogP contribution in [0.5, 0.6) is 5.75 Å². The van der Waals surface area contributed by atoms with Crippen LogP contribution in [0.4, 0.5) is 5.69 Å². The van der Waals surface area contributed by atoms with E-state index in [1.54, 1.807) is 37.4 Å². The second-order valence-electron chi connectivity index (χ2n) is 4.93. The first-order valence-electron chi connectivity index (χ1n) is 7.09. The molecule has 7 nitrogen and oxygen atoms in total. The van der Waals surface area contributed by atoms with Gasteiger partial charge in [-0.2, -0.15) is 0 Å². The van der Waals surface area contributed by atoms with Gasteiger partial charge in [-0.3, -0.25) is 9.78 Å². The Morgan fingerprint density at radius 1 is 1.29 bits per heavy atom. The van der Waals surface area contributed by atoms with E-state index >= 15 is 0 Å². The number of phenolic OH excluding ortho intramolecular Hbond substituents is 1. The van der Waals surface area contributed by atoms with Gasteiger partial charge in [-0.15, -0.1) is 10.2 Å². The Morgan fingerprint density at radius 3 is 2.92 bits per heavy atom. The van der Waals surface area contributed by atoms with Crippen LogP contribution in [-0.4, -0.2) is 31.9 Å². The predicted molar refractivity (Wildman–Crippen MR) is 89.7 cm³/mol. The summed E-state index contributed by atoms with van der Waals surface area (Å²) in [6.45, 7) is 1.76. The Balaban J connectivity index is 1.56. The van der Waals surface area contributed by atoms with Gasteiger partial charge in [-0.25, -0.2) is 0 Å². The number of nitrogens with one attached hydrogen (secondary N) is 1. The standard InChI is InChI=1S/C16H14N4O3S/c1-10-8-11(5-6-13(10)21)18-14(22)9-24-16-20-19-15(23-16)12-4-2-3-7-17-12/h2-8,21H,9H2,1H3,(H,18,22). The number of amides is 1. The summed E-state index contributed by atoms with van der Waals surface area (Å²) in [4.78, 5) is 16.1. The minimum atomic E-state index is -0.206. The van der Waals surface area contributed by atoms with Gasteiger partial charge in [-0.05, 0) is 42.8 Å². The van der Waals surface area contributed by atoms with E-state index in [4.69, 9.17) is 4.42 Å². The van der Waals surface area contributed by atoms with Gasteiger partial charge in [0.2, 0.25) is 5.91 Å². The molecular weight excluding hydrogens is 328 g/mol. The van der Waals surface area contributed by atoms with Gasteiger partial charge in [0.25, 0.3) is 11.1 Å². The highest BCUT2D eigenvalue weighted by molar-refractivity contribution is 7.99. The molecule has 24 heavy (non-hydrogen) atoms. The van der Waals surface area contributed by atoms with E-state index in [-0.39, 0.29) is 17.4 Å². The SMILES string of the molecule is Cc1cc(NC(=O)CSc2nnc(-c3ccccn3)o2)ccc1O. The number of benzene rings is 1. The molecule has 122 valence electrons. The lowest BCUT2D eigenvalue weighted by Crippen LogP contribution is -2.14. The largest absolute Gasteiger partial charge is 0.508 e. The third-order valence-electron chi connectivity index (χ3n) is 3.10. The van der Waals surface area contributed by atoms with Crippen LogP contribution in [0.2, 0.25) is 0 Å². The molecule has 2 N–H and O–H groups in total. The van der Waals surface area contributed by atoms with Gasteiger partial charge in [0.05, 0.1) is 5.75 Å². The Hall–Kier alpha value is -2.87. The molecule has 1 amide bonds. The quantitative estimate of drug-likeness (QED) is 0.543. The molecule has 0 bridgehead atoms. The first kappa shape index (κ1) is 16.0. The van der Waals surface area contributed by atoms with Crippen molar-refractivity contribution >= 4 is 23.4 Å². The molecule has 3 rings (SSSR count). The Bertz CT molecular complexity index is 852. The van der Waals surface area contributed by atoms with E-state index in [1.165, 1.54) is 6.07 Å². The van der Waals surface area contributed by atoms with Gasteiger partial charge < -0.3 is 14.8 Å². The summed E-state index contributed by atoms with van der Waals surface area (Å²) in [5.41, 5.74) is 1.90. The maximum atomic E-state index is 12.0. The predicted octanol–water partition coefficient (Wildman–Crippen LogP) is 2.88. The van der Waals surface area contributed by atoms with Crippen molar-refractivity contribution in [3.05, 3.63) is 48.2 Å². The topological polar surface area (TPSA) is 101 Å². The molecule has 0 saturated carbocycles. The Kier molecular flexibility index (Phi) is 4.76. The van der Waals surface area contributed by atoms with Gasteiger partial charge in [0, 0.05) is 11.9 Å². The van der Waals surface area contributed by atoms with Crippen molar-refractivity contribution in [1.82, 2.24) is 15.2 Å². The summed E-state index contributed by atoms with van der Waals surface area (Å²) in [5.74, 6) is 0.426. The Morgan fingerprint density at radius 2 is 2.17 bits per heavy atom. The average molecular weight is 342 g/mol. The van der Waals surface area contributed by atoms with Crippen LogP contribution in [0.1, 0.15) is 5.56 Å². The monoisotopic (exact) mass is 342 g/mol. The summed E-state index contributed by atoms with van der Waals surface area (Å²) >= 11 is 1.14. The zero-order valence-corrected chi connectivity index (χ0v) is 13.6. The number of aromatic hydroxyl groups is 1. The molecule has 2 heterocycles. The lowest BCUT2D eigenvalue weighted by molar-refractivity contribution is -0.113. The maximum absolute atomic E-state index is 12.0. The number of phenols is 1. The van der Waals surface area contributed by atoms with Crippen molar-refractivity contribution in [3.8, 4) is 17.3 Å². The van der Waals surface area contributed by atoms with Gasteiger partial charge in [-0.1, -0.05) is 17.8 Å². The van der Waals surface area contributed by atoms with E-state index in [0.717, 1.165) is 11.8 Å². The maximum Gasteiger partial charge on any atom is 0.277 e. The second-order valence-corrected chi connectivity index (χ2v) is 5.85. The molecule has 0 fully saturated rings. The van der Waals surface area contributed by atoms with Crippen LogP contribution in [-0.2, 0) is 4.79 Å². The number of carbonyl (C=O) groups is 1. The molecule has 1 aromatic carbocycles. The molecule has 0 radical (unpaired) electrons. The van der Waals surface area contributed by atoms with Crippen LogP contribution in [0.25, 0.3) is 11.6 Å². The molecule has 0 atom stereocenters. The van der Waals surface area contributed by atoms with Crippen LogP contribution in [0, 0.1) is 6.92 Å². The molecule has 3 aromatic rings. The summed E-state index contributed by atoms with van der Waals surface area (Å²) < 4.78 is 5.47. The van der Waals surface area contributed by atoms with Gasteiger partial charge in [0.1, 0.15) is 11.4 Å². The first-order valence-corrected chi connectivity index (χ1v) is 8.07. The first-order chi connectivity index (χ1) is 11.6. The molecule has 0 aliphatic rings. The number of hydrogen-bond donors (Lipinski definition) is 2. The van der Waals surface area contributed by atoms with Crippen LogP contribution in [0.15, 0.2) is 52.2 Å². The summed E-state index contributed by atoms with van der Waals surface area (Å²) in [5, 5.41) is 20.3. The van der Waals surface area contributed by atoms with E-state index in [9.17, 15) is 9.90 Å². The molecule has 2 aromatic heterocycles. The Labute approximate surface area is 142 Å². The summed E-state index contributed by atoms with van der Waals surface area (Å²) in [7, 11) is 0. The molecule has 8 heteroatoms. The molecular formula is C16H14N4O3S. The molecule has 0 aliphatic carbocycles. The van der Waals surface area contributed by atoms with Crippen molar-refractivity contribution < 1.29 is 14.3 Å². The minimum Gasteiger partial charge on any atom is -0.508 e. The zero-order valence-electron chi connectivity index (χ0n) is 12.8. The van der Waals surface area contributed by atoms with Crippen molar-refractivity contribution in [2.45, 2.75) is 12.1 Å². The third-order valence-corrected chi connectivity index (χ3v) is 3.92. The van der Waals surface area contributed by atoms with Crippen molar-refractivity contribution in [2.24, 2.45) is 0 Å². The van der Waals surface area contributed by atoms with Crippen LogP contribution in [0.3, 0.4) is 0 Å². The van der Waals surface area contributed by atoms with E-state index in [1.807, 2.05) is 6.07 Å². The third kappa shape index (κ3) is 3.90. The van der Waals surface area contributed by atoms with Gasteiger partial charge >= 0.3 is 0 Å². The number of carbonyl (C=O) groups excluding carboxylic acids is 1. The number of hydrogen-bond acceptors (Lipinski definition) is 7. The fourth-order valence-corrected chi connectivity index (χ4v) is 2.48. The van der Waals surface area contributed by atoms with Crippen LogP contribution >= 0.6 is 11.8 Å². The van der Waals surface area contributed by atoms with Crippen molar-refractivity contribution in [1.29, 1.82) is 0 Å². The molecule has 0 aliphatic heterocycles. The van der Waals surface area contributed by atoms with Crippen LogP contribution < -0.4 is 5.32 Å². The summed E-state index contributed by atoms with van der Waals surface area (Å²) in [6.07, 6.45) is 1.64. The number of rotatable bonds is 5. The highest BCUT2D eigenvalue weighted by Crippen LogP contribution is 2.23. The van der Waals surface area contributed by atoms with E-state index in [0.29, 0.717) is 28.1 Å². The smallest absolute Gasteiger partial charge is 0.277 e. The molecule has 0 spiro atoms. The van der Waals surface area contributed by atoms with Crippen molar-refractivity contribution in [2.75, 3.05) is 11.1 Å². The number of thioether (sulfide) groups is 1. The lowest BCUT2D eigenvalue weighted by Gasteiger charge is -2.06. The number of aryl methyl sites for hydroxylation is 1. The number of anilines is 1. The number of nitrogens with zero attached hydrogens (tertiary/aromatic N) is 3. The zero-order chi connectivity index (χ0) is 16.9. The summed E-state index contributed by atoms with van der Waals surface area (Å²) in [6, 6.07) is 10.3. The lowest BCUT2D eigenvalue weighted by atomic mass is 10.2. The molecule has 0 saturated heterocycles. The second kappa shape index (κ2) is 7.14. The fourth-order valence-electron chi connectivity index (χ4n) is 1.92. The normalized spacial score (nSPS) is 10.5.